The third-order valence-corrected chi connectivity index (χ3v) is 6.01. The fourth-order valence-corrected chi connectivity index (χ4v) is 3.45. The van der Waals surface area contributed by atoms with E-state index in [0.29, 0.717) is 35.5 Å². The highest BCUT2D eigenvalue weighted by atomic mass is 16.5. The molecule has 1 fully saturated rings. The third-order valence-electron chi connectivity index (χ3n) is 6.01. The highest BCUT2D eigenvalue weighted by Gasteiger charge is 2.25. The minimum absolute atomic E-state index is 0.0683. The van der Waals surface area contributed by atoms with Gasteiger partial charge in [0.15, 0.2) is 5.78 Å². The summed E-state index contributed by atoms with van der Waals surface area (Å²) >= 11 is 0. The summed E-state index contributed by atoms with van der Waals surface area (Å²) in [5, 5.41) is 2.92. The van der Waals surface area contributed by atoms with Gasteiger partial charge in [0.2, 0.25) is 5.91 Å². The second kappa shape index (κ2) is 9.04. The molecule has 2 heterocycles. The zero-order valence-corrected chi connectivity index (χ0v) is 18.7. The predicted octanol–water partition coefficient (Wildman–Crippen LogP) is 4.07. The first-order valence-electron chi connectivity index (χ1n) is 10.9. The van der Waals surface area contributed by atoms with Crippen molar-refractivity contribution in [2.24, 2.45) is 5.41 Å². The van der Waals surface area contributed by atoms with Crippen LogP contribution in [-0.4, -0.2) is 48.0 Å². The zero-order valence-electron chi connectivity index (χ0n) is 18.7. The third kappa shape index (κ3) is 4.62. The Morgan fingerprint density at radius 3 is 2.56 bits per heavy atom. The molecule has 1 aliphatic rings. The summed E-state index contributed by atoms with van der Waals surface area (Å²) in [5.41, 5.74) is 2.58. The monoisotopic (exact) mass is 432 g/mol. The fourth-order valence-electron chi connectivity index (χ4n) is 3.45. The molecule has 0 spiro atoms. The highest BCUT2D eigenvalue weighted by Crippen LogP contribution is 2.24. The molecule has 0 radical (unpaired) electrons. The van der Waals surface area contributed by atoms with E-state index in [1.807, 2.05) is 26.8 Å². The number of carbonyl (C=O) groups excluding carboxylic acids is 2. The highest BCUT2D eigenvalue weighted by molar-refractivity contribution is 6.11. The summed E-state index contributed by atoms with van der Waals surface area (Å²) in [6, 6.07) is 12.4. The molecular formula is C25H28N4O3. The molecule has 0 unspecified atom stereocenters. The number of amides is 1. The molecule has 1 amide bonds. The number of nitrogens with zero attached hydrogens (tertiary/aromatic N) is 3. The molecule has 3 aromatic rings. The molecule has 32 heavy (non-hydrogen) atoms. The molecule has 1 N–H and O–H groups in total. The topological polar surface area (TPSA) is 84.4 Å². The Labute approximate surface area is 187 Å². The number of hydrogen-bond donors (Lipinski definition) is 1. The van der Waals surface area contributed by atoms with Crippen molar-refractivity contribution in [3.8, 4) is 0 Å². The molecule has 4 rings (SSSR count). The summed E-state index contributed by atoms with van der Waals surface area (Å²) < 4.78 is 5.41. The van der Waals surface area contributed by atoms with Gasteiger partial charge >= 0.3 is 0 Å². The molecule has 0 atom stereocenters. The lowest BCUT2D eigenvalue weighted by molar-refractivity contribution is -0.124. The smallest absolute Gasteiger partial charge is 0.230 e. The van der Waals surface area contributed by atoms with Crippen molar-refractivity contribution in [1.82, 2.24) is 9.97 Å². The van der Waals surface area contributed by atoms with Crippen molar-refractivity contribution in [1.29, 1.82) is 0 Å². The molecule has 0 saturated carbocycles. The fraction of sp³-hybridized carbons (Fsp3) is 0.360. The maximum absolute atomic E-state index is 13.2. The molecule has 2 aromatic carbocycles. The van der Waals surface area contributed by atoms with Crippen molar-refractivity contribution in [3.63, 3.8) is 0 Å². The largest absolute Gasteiger partial charge is 0.378 e. The van der Waals surface area contributed by atoms with E-state index in [1.165, 1.54) is 0 Å². The van der Waals surface area contributed by atoms with Gasteiger partial charge in [-0.1, -0.05) is 32.9 Å². The average Bonchev–Trinajstić information content (AvgIpc) is 2.83. The van der Waals surface area contributed by atoms with E-state index in [1.54, 1.807) is 42.6 Å². The molecular weight excluding hydrogens is 404 g/mol. The van der Waals surface area contributed by atoms with Gasteiger partial charge in [0.25, 0.3) is 0 Å². The first-order chi connectivity index (χ1) is 15.4. The minimum Gasteiger partial charge on any atom is -0.378 e. The molecule has 0 aliphatic carbocycles. The lowest BCUT2D eigenvalue weighted by Gasteiger charge is -2.27. The molecule has 1 aromatic heterocycles. The van der Waals surface area contributed by atoms with Crippen LogP contribution in [-0.2, 0) is 9.53 Å². The van der Waals surface area contributed by atoms with E-state index in [2.05, 4.69) is 15.2 Å². The molecule has 0 bridgehead atoms. The van der Waals surface area contributed by atoms with Crippen LogP contribution in [0.25, 0.3) is 11.0 Å². The number of nitrogens with one attached hydrogen (secondary N) is 1. The van der Waals surface area contributed by atoms with Crippen molar-refractivity contribution in [2.75, 3.05) is 36.5 Å². The number of hydrogen-bond acceptors (Lipinski definition) is 6. The minimum atomic E-state index is -0.477. The van der Waals surface area contributed by atoms with Crippen molar-refractivity contribution < 1.29 is 14.3 Å². The number of benzene rings is 2. The number of anilines is 2. The molecule has 7 nitrogen and oxygen atoms in total. The van der Waals surface area contributed by atoms with Gasteiger partial charge in [-0.05, 0) is 36.8 Å². The van der Waals surface area contributed by atoms with Crippen LogP contribution in [0.2, 0.25) is 0 Å². The predicted molar refractivity (Wildman–Crippen MR) is 125 cm³/mol. The van der Waals surface area contributed by atoms with Crippen LogP contribution in [0.5, 0.6) is 0 Å². The number of rotatable bonds is 6. The molecule has 7 heteroatoms. The Balaban J connectivity index is 1.58. The maximum Gasteiger partial charge on any atom is 0.230 e. The number of aromatic nitrogens is 2. The summed E-state index contributed by atoms with van der Waals surface area (Å²) in [4.78, 5) is 37.0. The van der Waals surface area contributed by atoms with Gasteiger partial charge in [0, 0.05) is 35.3 Å². The van der Waals surface area contributed by atoms with Crippen LogP contribution in [0.15, 0.2) is 48.7 Å². The standard InChI is InChI=1S/C25H28N4O3/c1-4-25(2,3)24(31)27-19-7-5-6-17(14-19)23(30)18-8-9-20-21(15-18)28-22(16-26-20)29-10-12-32-13-11-29/h5-9,14-16H,4,10-13H2,1-3H3,(H,27,31). The zero-order chi connectivity index (χ0) is 22.7. The Kier molecular flexibility index (Phi) is 6.19. The average molecular weight is 433 g/mol. The summed E-state index contributed by atoms with van der Waals surface area (Å²) in [5.74, 6) is 0.589. The second-order valence-corrected chi connectivity index (χ2v) is 8.63. The van der Waals surface area contributed by atoms with E-state index in [4.69, 9.17) is 9.72 Å². The summed E-state index contributed by atoms with van der Waals surface area (Å²) in [7, 11) is 0. The van der Waals surface area contributed by atoms with Gasteiger partial charge in [-0.2, -0.15) is 0 Å². The van der Waals surface area contributed by atoms with E-state index in [0.717, 1.165) is 30.8 Å². The lowest BCUT2D eigenvalue weighted by Crippen LogP contribution is -2.36. The number of ether oxygens (including phenoxy) is 1. The first kappa shape index (κ1) is 21.9. The molecule has 1 aliphatic heterocycles. The molecule has 166 valence electrons. The van der Waals surface area contributed by atoms with E-state index >= 15 is 0 Å². The van der Waals surface area contributed by atoms with Gasteiger partial charge in [-0.15, -0.1) is 0 Å². The Bertz CT molecular complexity index is 1150. The Hall–Kier alpha value is -3.32. The first-order valence-corrected chi connectivity index (χ1v) is 10.9. The van der Waals surface area contributed by atoms with Crippen molar-refractivity contribution >= 4 is 34.2 Å². The van der Waals surface area contributed by atoms with E-state index in [-0.39, 0.29) is 11.7 Å². The van der Waals surface area contributed by atoms with Crippen LogP contribution in [0.1, 0.15) is 43.1 Å². The van der Waals surface area contributed by atoms with Gasteiger partial charge in [0.05, 0.1) is 30.4 Å². The van der Waals surface area contributed by atoms with Crippen LogP contribution >= 0.6 is 0 Å². The van der Waals surface area contributed by atoms with E-state index < -0.39 is 5.41 Å². The quantitative estimate of drug-likeness (QED) is 0.591. The lowest BCUT2D eigenvalue weighted by atomic mass is 9.89. The van der Waals surface area contributed by atoms with Crippen LogP contribution in [0, 0.1) is 5.41 Å². The molecule has 1 saturated heterocycles. The van der Waals surface area contributed by atoms with Crippen LogP contribution in [0.4, 0.5) is 11.5 Å². The number of fused-ring (bicyclic) bond motifs is 1. The summed E-state index contributed by atoms with van der Waals surface area (Å²) in [6.07, 6.45) is 2.49. The van der Waals surface area contributed by atoms with Gasteiger partial charge in [-0.25, -0.2) is 4.98 Å². The van der Waals surface area contributed by atoms with Gasteiger partial charge in [-0.3, -0.25) is 14.6 Å². The van der Waals surface area contributed by atoms with Crippen LogP contribution in [0.3, 0.4) is 0 Å². The number of ketones is 1. The Morgan fingerprint density at radius 2 is 1.81 bits per heavy atom. The van der Waals surface area contributed by atoms with Crippen molar-refractivity contribution in [2.45, 2.75) is 27.2 Å². The number of morpholine rings is 1. The van der Waals surface area contributed by atoms with Crippen molar-refractivity contribution in [3.05, 3.63) is 59.8 Å². The second-order valence-electron chi connectivity index (χ2n) is 8.63. The van der Waals surface area contributed by atoms with Crippen LogP contribution < -0.4 is 10.2 Å². The maximum atomic E-state index is 13.2. The SMILES string of the molecule is CCC(C)(C)C(=O)Nc1cccc(C(=O)c2ccc3ncc(N4CCOCC4)nc3c2)c1. The van der Waals surface area contributed by atoms with Gasteiger partial charge < -0.3 is 15.0 Å². The van der Waals surface area contributed by atoms with E-state index in [9.17, 15) is 9.59 Å². The normalized spacial score (nSPS) is 14.4. The number of carbonyl (C=O) groups is 2. The Morgan fingerprint density at radius 1 is 1.06 bits per heavy atom. The summed E-state index contributed by atoms with van der Waals surface area (Å²) in [6.45, 7) is 8.66. The van der Waals surface area contributed by atoms with Gasteiger partial charge in [0.1, 0.15) is 5.82 Å².